The Balaban J connectivity index is 2.49. The van der Waals surface area contributed by atoms with Crippen molar-refractivity contribution in [1.82, 2.24) is 4.90 Å². The molecule has 0 N–H and O–H groups in total. The highest BCUT2D eigenvalue weighted by molar-refractivity contribution is 6.07. The number of nitriles is 1. The number of rotatable bonds is 3. The summed E-state index contributed by atoms with van der Waals surface area (Å²) in [7, 11) is 0. The molecule has 1 amide bonds. The topological polar surface area (TPSA) is 44.1 Å². The van der Waals surface area contributed by atoms with E-state index in [9.17, 15) is 4.79 Å². The normalized spacial score (nSPS) is 10.4. The second-order valence-electron chi connectivity index (χ2n) is 4.71. The predicted molar refractivity (Wildman–Crippen MR) is 75.7 cm³/mol. The molecular weight excluding hydrogens is 236 g/mol. The van der Waals surface area contributed by atoms with Crippen LogP contribution in [0.4, 0.5) is 0 Å². The average Bonchev–Trinajstić information content (AvgIpc) is 2.43. The first kappa shape index (κ1) is 13.1. The molecule has 0 aliphatic carbocycles. The maximum absolute atomic E-state index is 12.6. The molecule has 0 saturated heterocycles. The highest BCUT2D eigenvalue weighted by atomic mass is 16.2. The van der Waals surface area contributed by atoms with Crippen molar-refractivity contribution in [2.24, 2.45) is 0 Å². The summed E-state index contributed by atoms with van der Waals surface area (Å²) in [6.07, 6.45) is 0. The number of hydrogen-bond acceptors (Lipinski definition) is 2. The molecule has 0 aliphatic heterocycles. The monoisotopic (exact) mass is 252 g/mol. The highest BCUT2D eigenvalue weighted by Crippen LogP contribution is 2.20. The number of carbonyl (C=O) groups excluding carboxylic acids is 1. The summed E-state index contributed by atoms with van der Waals surface area (Å²) < 4.78 is 0. The second kappa shape index (κ2) is 5.53. The van der Waals surface area contributed by atoms with Gasteiger partial charge in [-0.3, -0.25) is 4.79 Å². The second-order valence-corrected chi connectivity index (χ2v) is 4.71. The van der Waals surface area contributed by atoms with Crippen LogP contribution in [0.25, 0.3) is 10.8 Å². The van der Waals surface area contributed by atoms with Crippen molar-refractivity contribution >= 4 is 16.7 Å². The lowest BCUT2D eigenvalue weighted by molar-refractivity contribution is 0.0733. The minimum atomic E-state index is -0.0895. The van der Waals surface area contributed by atoms with Crippen LogP contribution in [0.15, 0.2) is 42.5 Å². The molecule has 3 nitrogen and oxygen atoms in total. The van der Waals surface area contributed by atoms with Crippen molar-refractivity contribution in [2.45, 2.75) is 19.9 Å². The van der Waals surface area contributed by atoms with E-state index >= 15 is 0 Å². The minimum Gasteiger partial charge on any atom is -0.323 e. The van der Waals surface area contributed by atoms with Crippen LogP contribution in [-0.4, -0.2) is 23.4 Å². The molecule has 0 aliphatic rings. The Morgan fingerprint density at radius 3 is 2.58 bits per heavy atom. The molecule has 2 aromatic rings. The van der Waals surface area contributed by atoms with Crippen molar-refractivity contribution in [1.29, 1.82) is 5.26 Å². The SMILES string of the molecule is CC(C)N(CC#N)C(=O)c1cccc2ccccc12. The molecule has 0 heterocycles. The van der Waals surface area contributed by atoms with Crippen LogP contribution >= 0.6 is 0 Å². The molecule has 0 fully saturated rings. The lowest BCUT2D eigenvalue weighted by Crippen LogP contribution is -2.37. The van der Waals surface area contributed by atoms with Crippen LogP contribution in [0.3, 0.4) is 0 Å². The third-order valence-corrected chi connectivity index (χ3v) is 3.15. The van der Waals surface area contributed by atoms with Gasteiger partial charge in [0.05, 0.1) is 6.07 Å². The van der Waals surface area contributed by atoms with Gasteiger partial charge in [-0.05, 0) is 30.7 Å². The third kappa shape index (κ3) is 2.58. The van der Waals surface area contributed by atoms with E-state index in [4.69, 9.17) is 5.26 Å². The molecule has 2 rings (SSSR count). The number of hydrogen-bond donors (Lipinski definition) is 0. The molecule has 0 radical (unpaired) electrons. The Kier molecular flexibility index (Phi) is 3.82. The molecule has 0 bridgehead atoms. The maximum Gasteiger partial charge on any atom is 0.255 e. The summed E-state index contributed by atoms with van der Waals surface area (Å²) >= 11 is 0. The first-order chi connectivity index (χ1) is 9.15. The van der Waals surface area contributed by atoms with E-state index in [1.165, 1.54) is 0 Å². The van der Waals surface area contributed by atoms with E-state index in [1.54, 1.807) is 4.90 Å². The van der Waals surface area contributed by atoms with Gasteiger partial charge in [0.25, 0.3) is 5.91 Å². The van der Waals surface area contributed by atoms with Crippen molar-refractivity contribution < 1.29 is 4.79 Å². The molecule has 0 spiro atoms. The standard InChI is InChI=1S/C16H16N2O/c1-12(2)18(11-10-17)16(19)15-9-5-7-13-6-3-4-8-14(13)15/h3-9,12H,11H2,1-2H3. The van der Waals surface area contributed by atoms with Gasteiger partial charge in [-0.15, -0.1) is 0 Å². The van der Waals surface area contributed by atoms with Gasteiger partial charge in [-0.1, -0.05) is 36.4 Å². The third-order valence-electron chi connectivity index (χ3n) is 3.15. The van der Waals surface area contributed by atoms with Gasteiger partial charge < -0.3 is 4.90 Å². The molecule has 0 saturated carbocycles. The number of fused-ring (bicyclic) bond motifs is 1. The Hall–Kier alpha value is -2.34. The first-order valence-electron chi connectivity index (χ1n) is 6.31. The van der Waals surface area contributed by atoms with Gasteiger partial charge in [0.1, 0.15) is 6.54 Å². The van der Waals surface area contributed by atoms with E-state index < -0.39 is 0 Å². The van der Waals surface area contributed by atoms with Crippen molar-refractivity contribution in [3.63, 3.8) is 0 Å². The van der Waals surface area contributed by atoms with Crippen LogP contribution in [0.5, 0.6) is 0 Å². The van der Waals surface area contributed by atoms with Crippen LogP contribution in [0.2, 0.25) is 0 Å². The van der Waals surface area contributed by atoms with E-state index in [1.807, 2.05) is 56.3 Å². The minimum absolute atomic E-state index is 0.00567. The zero-order valence-corrected chi connectivity index (χ0v) is 11.1. The molecule has 3 heteroatoms. The average molecular weight is 252 g/mol. The summed E-state index contributed by atoms with van der Waals surface area (Å²) in [5, 5.41) is 10.8. The van der Waals surface area contributed by atoms with E-state index in [0.29, 0.717) is 5.56 Å². The van der Waals surface area contributed by atoms with Crippen molar-refractivity contribution in [3.8, 4) is 6.07 Å². The van der Waals surface area contributed by atoms with Gasteiger partial charge in [0.2, 0.25) is 0 Å². The Labute approximate surface area is 113 Å². The summed E-state index contributed by atoms with van der Waals surface area (Å²) in [5.74, 6) is -0.0895. The summed E-state index contributed by atoms with van der Waals surface area (Å²) in [6.45, 7) is 3.94. The Morgan fingerprint density at radius 1 is 1.21 bits per heavy atom. The van der Waals surface area contributed by atoms with Crippen molar-refractivity contribution in [3.05, 3.63) is 48.0 Å². The van der Waals surface area contributed by atoms with E-state index in [2.05, 4.69) is 6.07 Å². The van der Waals surface area contributed by atoms with Gasteiger partial charge in [-0.2, -0.15) is 5.26 Å². The fourth-order valence-corrected chi connectivity index (χ4v) is 2.13. The summed E-state index contributed by atoms with van der Waals surface area (Å²) in [6, 6.07) is 15.5. The first-order valence-corrected chi connectivity index (χ1v) is 6.31. The van der Waals surface area contributed by atoms with Crippen LogP contribution < -0.4 is 0 Å². The molecular formula is C16H16N2O. The number of carbonyl (C=O) groups is 1. The van der Waals surface area contributed by atoms with Gasteiger partial charge in [0.15, 0.2) is 0 Å². The summed E-state index contributed by atoms with van der Waals surface area (Å²) in [4.78, 5) is 14.2. The molecule has 2 aromatic carbocycles. The fraction of sp³-hybridized carbons (Fsp3) is 0.250. The molecule has 96 valence electrons. The largest absolute Gasteiger partial charge is 0.323 e. The van der Waals surface area contributed by atoms with Crippen molar-refractivity contribution in [2.75, 3.05) is 6.54 Å². The van der Waals surface area contributed by atoms with E-state index in [-0.39, 0.29) is 18.5 Å². The van der Waals surface area contributed by atoms with Crippen LogP contribution in [0, 0.1) is 11.3 Å². The Bertz CT molecular complexity index is 635. The number of benzene rings is 2. The van der Waals surface area contributed by atoms with E-state index in [0.717, 1.165) is 10.8 Å². The number of amides is 1. The predicted octanol–water partition coefficient (Wildman–Crippen LogP) is 3.21. The molecule has 0 atom stereocenters. The van der Waals surface area contributed by atoms with Gasteiger partial charge >= 0.3 is 0 Å². The smallest absolute Gasteiger partial charge is 0.255 e. The lowest BCUT2D eigenvalue weighted by atomic mass is 10.0. The van der Waals surface area contributed by atoms with Gasteiger partial charge in [0, 0.05) is 11.6 Å². The number of nitrogens with zero attached hydrogens (tertiary/aromatic N) is 2. The zero-order chi connectivity index (χ0) is 13.8. The zero-order valence-electron chi connectivity index (χ0n) is 11.1. The maximum atomic E-state index is 12.6. The Morgan fingerprint density at radius 2 is 1.89 bits per heavy atom. The molecule has 19 heavy (non-hydrogen) atoms. The quantitative estimate of drug-likeness (QED) is 0.787. The van der Waals surface area contributed by atoms with Crippen LogP contribution in [0.1, 0.15) is 24.2 Å². The highest BCUT2D eigenvalue weighted by Gasteiger charge is 2.19. The van der Waals surface area contributed by atoms with Gasteiger partial charge in [-0.25, -0.2) is 0 Å². The fourth-order valence-electron chi connectivity index (χ4n) is 2.13. The van der Waals surface area contributed by atoms with Crippen LogP contribution in [-0.2, 0) is 0 Å². The molecule has 0 aromatic heterocycles. The molecule has 0 unspecified atom stereocenters. The summed E-state index contributed by atoms with van der Waals surface area (Å²) in [5.41, 5.74) is 0.655. The lowest BCUT2D eigenvalue weighted by Gasteiger charge is -2.24.